The fourth-order valence-corrected chi connectivity index (χ4v) is 2.27. The average molecular weight is 249 g/mol. The zero-order valence-corrected chi connectivity index (χ0v) is 10.6. The third-order valence-electron chi connectivity index (χ3n) is 3.52. The van der Waals surface area contributed by atoms with Crippen LogP contribution < -0.4 is 5.48 Å². The Balaban J connectivity index is 1.98. The number of benzene rings is 1. The second kappa shape index (κ2) is 5.98. The summed E-state index contributed by atoms with van der Waals surface area (Å²) in [5, 5.41) is 0. The Labute approximate surface area is 107 Å². The summed E-state index contributed by atoms with van der Waals surface area (Å²) in [7, 11) is 1.60. The molecule has 0 radical (unpaired) electrons. The Bertz CT molecular complexity index is 387. The number of carbonyl (C=O) groups is 1. The van der Waals surface area contributed by atoms with E-state index in [9.17, 15) is 4.79 Å². The van der Waals surface area contributed by atoms with Crippen molar-refractivity contribution in [1.29, 1.82) is 0 Å². The minimum atomic E-state index is -0.395. The Morgan fingerprint density at radius 3 is 2.56 bits per heavy atom. The van der Waals surface area contributed by atoms with Crippen molar-refractivity contribution in [3.05, 3.63) is 35.9 Å². The lowest BCUT2D eigenvalue weighted by Crippen LogP contribution is -2.49. The van der Waals surface area contributed by atoms with Gasteiger partial charge in [0.1, 0.15) is 0 Å². The summed E-state index contributed by atoms with van der Waals surface area (Å²) >= 11 is 0. The zero-order valence-electron chi connectivity index (χ0n) is 10.6. The van der Waals surface area contributed by atoms with Crippen molar-refractivity contribution in [2.75, 3.05) is 20.3 Å². The van der Waals surface area contributed by atoms with Gasteiger partial charge in [-0.25, -0.2) is 5.48 Å². The second-order valence-corrected chi connectivity index (χ2v) is 4.57. The van der Waals surface area contributed by atoms with Gasteiger partial charge in [-0.3, -0.25) is 9.63 Å². The van der Waals surface area contributed by atoms with Crippen molar-refractivity contribution in [2.24, 2.45) is 0 Å². The summed E-state index contributed by atoms with van der Waals surface area (Å²) < 4.78 is 4.86. The van der Waals surface area contributed by atoms with Crippen LogP contribution in [0.3, 0.4) is 0 Å². The van der Waals surface area contributed by atoms with Gasteiger partial charge in [0.05, 0.1) is 18.6 Å². The summed E-state index contributed by atoms with van der Waals surface area (Å²) in [6.45, 7) is 0.839. The molecule has 0 aromatic heterocycles. The van der Waals surface area contributed by atoms with E-state index in [2.05, 4.69) is 5.48 Å². The molecule has 0 saturated heterocycles. The van der Waals surface area contributed by atoms with Crippen LogP contribution in [0.5, 0.6) is 0 Å². The number of carbonyl (C=O) groups excluding carboxylic acids is 1. The van der Waals surface area contributed by atoms with Crippen molar-refractivity contribution >= 4 is 5.91 Å². The molecule has 0 heterocycles. The molecule has 0 spiro atoms. The van der Waals surface area contributed by atoms with Gasteiger partial charge in [-0.2, -0.15) is 0 Å². The van der Waals surface area contributed by atoms with Crippen LogP contribution in [0.15, 0.2) is 30.3 Å². The summed E-state index contributed by atoms with van der Waals surface area (Å²) in [5.74, 6) is -0.0453. The van der Waals surface area contributed by atoms with Crippen LogP contribution in [-0.2, 0) is 19.8 Å². The Kier molecular flexibility index (Phi) is 4.33. The Hall–Kier alpha value is -1.39. The van der Waals surface area contributed by atoms with Gasteiger partial charge in [0.25, 0.3) is 5.91 Å². The van der Waals surface area contributed by atoms with E-state index in [1.54, 1.807) is 7.11 Å². The zero-order chi connectivity index (χ0) is 12.8. The van der Waals surface area contributed by atoms with E-state index in [0.717, 1.165) is 24.8 Å². The number of rotatable bonds is 6. The third kappa shape index (κ3) is 2.54. The first-order chi connectivity index (χ1) is 8.79. The highest BCUT2D eigenvalue weighted by molar-refractivity contribution is 5.88. The topological polar surface area (TPSA) is 47.6 Å². The van der Waals surface area contributed by atoms with Crippen LogP contribution in [0.2, 0.25) is 0 Å². The van der Waals surface area contributed by atoms with E-state index in [1.165, 1.54) is 0 Å². The van der Waals surface area contributed by atoms with Gasteiger partial charge in [0, 0.05) is 7.11 Å². The SMILES string of the molecule is COCCONC(=O)C1(c2ccccc2)CCC1. The summed E-state index contributed by atoms with van der Waals surface area (Å²) in [4.78, 5) is 17.3. The third-order valence-corrected chi connectivity index (χ3v) is 3.52. The number of hydroxylamine groups is 1. The molecule has 1 aromatic carbocycles. The summed E-state index contributed by atoms with van der Waals surface area (Å²) in [6.07, 6.45) is 2.85. The van der Waals surface area contributed by atoms with Crippen LogP contribution >= 0.6 is 0 Å². The van der Waals surface area contributed by atoms with Gasteiger partial charge < -0.3 is 4.74 Å². The fraction of sp³-hybridized carbons (Fsp3) is 0.500. The molecule has 1 amide bonds. The smallest absolute Gasteiger partial charge is 0.254 e. The molecule has 1 N–H and O–H groups in total. The lowest BCUT2D eigenvalue weighted by atomic mass is 9.64. The van der Waals surface area contributed by atoms with Crippen molar-refractivity contribution in [3.8, 4) is 0 Å². The van der Waals surface area contributed by atoms with Gasteiger partial charge in [-0.15, -0.1) is 0 Å². The minimum Gasteiger partial charge on any atom is -0.382 e. The number of ether oxygens (including phenoxy) is 1. The van der Waals surface area contributed by atoms with Crippen LogP contribution in [0.4, 0.5) is 0 Å². The van der Waals surface area contributed by atoms with E-state index in [1.807, 2.05) is 30.3 Å². The molecule has 18 heavy (non-hydrogen) atoms. The average Bonchev–Trinajstić information content (AvgIpc) is 2.35. The molecule has 1 aromatic rings. The van der Waals surface area contributed by atoms with E-state index in [0.29, 0.717) is 13.2 Å². The molecule has 0 atom stereocenters. The number of hydrogen-bond donors (Lipinski definition) is 1. The monoisotopic (exact) mass is 249 g/mol. The molecule has 0 aliphatic heterocycles. The highest BCUT2D eigenvalue weighted by Gasteiger charge is 2.45. The quantitative estimate of drug-likeness (QED) is 0.618. The number of hydrogen-bond acceptors (Lipinski definition) is 3. The number of amides is 1. The van der Waals surface area contributed by atoms with Crippen LogP contribution in [-0.4, -0.2) is 26.2 Å². The molecule has 4 heteroatoms. The molecular formula is C14H19NO3. The van der Waals surface area contributed by atoms with Crippen molar-refractivity contribution in [1.82, 2.24) is 5.48 Å². The highest BCUT2D eigenvalue weighted by atomic mass is 16.7. The summed E-state index contributed by atoms with van der Waals surface area (Å²) in [6, 6.07) is 9.91. The van der Waals surface area contributed by atoms with Gasteiger partial charge in [-0.05, 0) is 18.4 Å². The largest absolute Gasteiger partial charge is 0.382 e. The lowest BCUT2D eigenvalue weighted by molar-refractivity contribution is -0.144. The number of nitrogens with one attached hydrogen (secondary N) is 1. The predicted molar refractivity (Wildman–Crippen MR) is 67.9 cm³/mol. The van der Waals surface area contributed by atoms with E-state index >= 15 is 0 Å². The standard InChI is InChI=1S/C14H19NO3/c1-17-10-11-18-15-13(16)14(8-5-9-14)12-6-3-2-4-7-12/h2-4,6-7H,5,8-11H2,1H3,(H,15,16). The van der Waals surface area contributed by atoms with Crippen molar-refractivity contribution < 1.29 is 14.4 Å². The Morgan fingerprint density at radius 2 is 2.00 bits per heavy atom. The van der Waals surface area contributed by atoms with Gasteiger partial charge in [0.15, 0.2) is 0 Å². The molecular weight excluding hydrogens is 230 g/mol. The summed E-state index contributed by atoms with van der Waals surface area (Å²) in [5.41, 5.74) is 3.22. The molecule has 1 aliphatic carbocycles. The van der Waals surface area contributed by atoms with E-state index in [4.69, 9.17) is 9.57 Å². The van der Waals surface area contributed by atoms with Crippen LogP contribution in [0, 0.1) is 0 Å². The van der Waals surface area contributed by atoms with Gasteiger partial charge in [-0.1, -0.05) is 36.8 Å². The molecule has 0 unspecified atom stereocenters. The van der Waals surface area contributed by atoms with Crippen LogP contribution in [0.1, 0.15) is 24.8 Å². The normalized spacial score (nSPS) is 16.9. The van der Waals surface area contributed by atoms with E-state index < -0.39 is 5.41 Å². The first-order valence-electron chi connectivity index (χ1n) is 6.26. The maximum Gasteiger partial charge on any atom is 0.254 e. The minimum absolute atomic E-state index is 0.0453. The first-order valence-corrected chi connectivity index (χ1v) is 6.26. The van der Waals surface area contributed by atoms with Crippen molar-refractivity contribution in [2.45, 2.75) is 24.7 Å². The number of methoxy groups -OCH3 is 1. The first kappa shape index (κ1) is 13.1. The highest BCUT2D eigenvalue weighted by Crippen LogP contribution is 2.43. The van der Waals surface area contributed by atoms with E-state index in [-0.39, 0.29) is 5.91 Å². The van der Waals surface area contributed by atoms with Gasteiger partial charge >= 0.3 is 0 Å². The molecule has 1 aliphatic rings. The second-order valence-electron chi connectivity index (χ2n) is 4.57. The fourth-order valence-electron chi connectivity index (χ4n) is 2.27. The Morgan fingerprint density at radius 1 is 1.28 bits per heavy atom. The molecule has 4 nitrogen and oxygen atoms in total. The molecule has 0 bridgehead atoms. The predicted octanol–water partition coefficient (Wildman–Crippen LogP) is 1.80. The maximum atomic E-state index is 12.2. The van der Waals surface area contributed by atoms with Crippen molar-refractivity contribution in [3.63, 3.8) is 0 Å². The maximum absolute atomic E-state index is 12.2. The van der Waals surface area contributed by atoms with Gasteiger partial charge in [0.2, 0.25) is 0 Å². The molecule has 1 fully saturated rings. The molecule has 1 saturated carbocycles. The van der Waals surface area contributed by atoms with Crippen LogP contribution in [0.25, 0.3) is 0 Å². The lowest BCUT2D eigenvalue weighted by Gasteiger charge is -2.40. The molecule has 2 rings (SSSR count). The molecule has 98 valence electrons.